The first kappa shape index (κ1) is 24.2. The molecule has 1 amide bonds. The molecule has 0 saturated carbocycles. The van der Waals surface area contributed by atoms with Crippen molar-refractivity contribution < 1.29 is 14.7 Å². The molecule has 0 unspecified atom stereocenters. The van der Waals surface area contributed by atoms with Crippen molar-refractivity contribution in [2.45, 2.75) is 96.8 Å². The van der Waals surface area contributed by atoms with Crippen LogP contribution in [-0.2, 0) is 4.79 Å². The van der Waals surface area contributed by atoms with Gasteiger partial charge in [-0.3, -0.25) is 4.79 Å². The predicted molar refractivity (Wildman–Crippen MR) is 117 cm³/mol. The summed E-state index contributed by atoms with van der Waals surface area (Å²) in [5.41, 5.74) is 1.00. The van der Waals surface area contributed by atoms with Crippen molar-refractivity contribution in [3.05, 3.63) is 29.8 Å². The van der Waals surface area contributed by atoms with Gasteiger partial charge in [-0.2, -0.15) is 0 Å². The van der Waals surface area contributed by atoms with Crippen molar-refractivity contribution in [3.63, 3.8) is 0 Å². The number of hydrogen-bond donors (Lipinski definition) is 1. The van der Waals surface area contributed by atoms with Crippen molar-refractivity contribution in [2.75, 3.05) is 11.4 Å². The van der Waals surface area contributed by atoms with E-state index < -0.39 is 5.97 Å². The Hall–Kier alpha value is -1.84. The third-order valence-electron chi connectivity index (χ3n) is 5.33. The number of carboxylic acids is 1. The first-order chi connectivity index (χ1) is 13.7. The van der Waals surface area contributed by atoms with Gasteiger partial charge < -0.3 is 10.0 Å². The maximum absolute atomic E-state index is 11.3. The van der Waals surface area contributed by atoms with E-state index in [1.54, 1.807) is 29.2 Å². The van der Waals surface area contributed by atoms with Crippen molar-refractivity contribution in [2.24, 2.45) is 0 Å². The van der Waals surface area contributed by atoms with Crippen molar-refractivity contribution in [3.8, 4) is 0 Å². The molecule has 0 aromatic heterocycles. The summed E-state index contributed by atoms with van der Waals surface area (Å²) in [6.45, 7) is 2.95. The van der Waals surface area contributed by atoms with Gasteiger partial charge in [0.2, 0.25) is 6.41 Å². The van der Waals surface area contributed by atoms with Crippen LogP contribution in [0.3, 0.4) is 0 Å². The molecule has 1 N–H and O–H groups in total. The van der Waals surface area contributed by atoms with E-state index in [1.807, 2.05) is 0 Å². The second-order valence-corrected chi connectivity index (χ2v) is 7.75. The van der Waals surface area contributed by atoms with Gasteiger partial charge in [0.25, 0.3) is 0 Å². The SMILES string of the molecule is CCCCCCCCCCCCCCCCN(C=O)c1ccc(C(=O)O)cc1. The quantitative estimate of drug-likeness (QED) is 0.221. The summed E-state index contributed by atoms with van der Waals surface area (Å²) < 4.78 is 0. The maximum atomic E-state index is 11.3. The monoisotopic (exact) mass is 389 g/mol. The van der Waals surface area contributed by atoms with Crippen LogP contribution >= 0.6 is 0 Å². The number of hydrogen-bond acceptors (Lipinski definition) is 2. The normalized spacial score (nSPS) is 10.8. The molecule has 0 aliphatic rings. The van der Waals surface area contributed by atoms with E-state index in [0.29, 0.717) is 6.54 Å². The highest BCUT2D eigenvalue weighted by Crippen LogP contribution is 2.16. The smallest absolute Gasteiger partial charge is 0.335 e. The zero-order chi connectivity index (χ0) is 20.5. The van der Waals surface area contributed by atoms with Gasteiger partial charge in [0.1, 0.15) is 0 Å². The molecule has 0 radical (unpaired) electrons. The molecule has 0 aliphatic heterocycles. The highest BCUT2D eigenvalue weighted by molar-refractivity contribution is 5.88. The zero-order valence-corrected chi connectivity index (χ0v) is 17.7. The molecule has 1 aromatic carbocycles. The standard InChI is InChI=1S/C24H39NO3/c1-2-3-4-5-6-7-8-9-10-11-12-13-14-15-20-25(21-26)23-18-16-22(17-19-23)24(27)28/h16-19,21H,2-15,20H2,1H3,(H,27,28). The lowest BCUT2D eigenvalue weighted by Gasteiger charge is -2.17. The lowest BCUT2D eigenvalue weighted by Crippen LogP contribution is -2.22. The van der Waals surface area contributed by atoms with E-state index in [0.717, 1.165) is 24.9 Å². The first-order valence-corrected chi connectivity index (χ1v) is 11.2. The third kappa shape index (κ3) is 11.1. The molecule has 4 nitrogen and oxygen atoms in total. The summed E-state index contributed by atoms with van der Waals surface area (Å²) in [6, 6.07) is 6.47. The Morgan fingerprint density at radius 1 is 0.786 bits per heavy atom. The zero-order valence-electron chi connectivity index (χ0n) is 17.7. The summed E-state index contributed by atoms with van der Waals surface area (Å²) in [6.07, 6.45) is 19.2. The Morgan fingerprint density at radius 3 is 1.61 bits per heavy atom. The number of rotatable bonds is 18. The number of nitrogens with zero attached hydrogens (tertiary/aromatic N) is 1. The van der Waals surface area contributed by atoms with E-state index in [2.05, 4.69) is 6.92 Å². The van der Waals surface area contributed by atoms with Crippen molar-refractivity contribution >= 4 is 18.1 Å². The van der Waals surface area contributed by atoms with Crippen LogP contribution in [0.5, 0.6) is 0 Å². The van der Waals surface area contributed by atoms with Gasteiger partial charge in [0.05, 0.1) is 5.56 Å². The molecule has 0 fully saturated rings. The predicted octanol–water partition coefficient (Wildman–Crippen LogP) is 6.83. The fourth-order valence-corrected chi connectivity index (χ4v) is 3.51. The molecule has 158 valence electrons. The molecule has 1 rings (SSSR count). The Labute approximate surface area is 171 Å². The van der Waals surface area contributed by atoms with E-state index in [4.69, 9.17) is 5.11 Å². The molecular weight excluding hydrogens is 350 g/mol. The number of aromatic carboxylic acids is 1. The Bertz CT molecular complexity index is 527. The van der Waals surface area contributed by atoms with Crippen LogP contribution in [0.4, 0.5) is 5.69 Å². The van der Waals surface area contributed by atoms with Gasteiger partial charge in [-0.25, -0.2) is 4.79 Å². The first-order valence-electron chi connectivity index (χ1n) is 11.2. The van der Waals surface area contributed by atoms with Crippen LogP contribution in [0.25, 0.3) is 0 Å². The van der Waals surface area contributed by atoms with Gasteiger partial charge in [-0.15, -0.1) is 0 Å². The van der Waals surface area contributed by atoms with Gasteiger partial charge in [0, 0.05) is 12.2 Å². The Balaban J connectivity index is 1.99. The molecule has 4 heteroatoms. The highest BCUT2D eigenvalue weighted by atomic mass is 16.4. The van der Waals surface area contributed by atoms with Crippen LogP contribution in [-0.4, -0.2) is 24.0 Å². The average Bonchev–Trinajstić information content (AvgIpc) is 2.71. The topological polar surface area (TPSA) is 57.6 Å². The number of unbranched alkanes of at least 4 members (excludes halogenated alkanes) is 13. The molecule has 0 spiro atoms. The molecule has 1 aromatic rings. The fourth-order valence-electron chi connectivity index (χ4n) is 3.51. The van der Waals surface area contributed by atoms with Crippen LogP contribution in [0, 0.1) is 0 Å². The van der Waals surface area contributed by atoms with E-state index in [9.17, 15) is 9.59 Å². The second kappa shape index (κ2) is 16.1. The minimum absolute atomic E-state index is 0.242. The van der Waals surface area contributed by atoms with Gasteiger partial charge >= 0.3 is 5.97 Å². The third-order valence-corrected chi connectivity index (χ3v) is 5.33. The van der Waals surface area contributed by atoms with Crippen LogP contribution in [0.2, 0.25) is 0 Å². The van der Waals surface area contributed by atoms with E-state index in [1.165, 1.54) is 77.0 Å². The lowest BCUT2D eigenvalue weighted by atomic mass is 10.0. The van der Waals surface area contributed by atoms with Crippen molar-refractivity contribution in [1.82, 2.24) is 0 Å². The van der Waals surface area contributed by atoms with Crippen LogP contribution in [0.1, 0.15) is 107 Å². The molecule has 0 atom stereocenters. The minimum Gasteiger partial charge on any atom is -0.478 e. The lowest BCUT2D eigenvalue weighted by molar-refractivity contribution is -0.107. The molecule has 0 saturated heterocycles. The summed E-state index contributed by atoms with van der Waals surface area (Å²) in [4.78, 5) is 23.8. The molecule has 0 aliphatic carbocycles. The number of benzene rings is 1. The summed E-state index contributed by atoms with van der Waals surface area (Å²) in [5.74, 6) is -0.948. The number of amides is 1. The minimum atomic E-state index is -0.948. The molecule has 0 heterocycles. The number of carbonyl (C=O) groups excluding carboxylic acids is 1. The highest BCUT2D eigenvalue weighted by Gasteiger charge is 2.07. The van der Waals surface area contributed by atoms with Crippen molar-refractivity contribution in [1.29, 1.82) is 0 Å². The maximum Gasteiger partial charge on any atom is 0.335 e. The van der Waals surface area contributed by atoms with Gasteiger partial charge in [-0.1, -0.05) is 90.4 Å². The summed E-state index contributed by atoms with van der Waals surface area (Å²) >= 11 is 0. The van der Waals surface area contributed by atoms with Crippen LogP contribution < -0.4 is 4.90 Å². The van der Waals surface area contributed by atoms with Gasteiger partial charge in [-0.05, 0) is 30.7 Å². The largest absolute Gasteiger partial charge is 0.478 e. The fraction of sp³-hybridized carbons (Fsp3) is 0.667. The molecule has 28 heavy (non-hydrogen) atoms. The number of anilines is 1. The number of carboxylic acid groups (broad SMARTS) is 1. The van der Waals surface area contributed by atoms with Gasteiger partial charge in [0.15, 0.2) is 0 Å². The average molecular weight is 390 g/mol. The van der Waals surface area contributed by atoms with E-state index in [-0.39, 0.29) is 5.56 Å². The molecular formula is C24H39NO3. The van der Waals surface area contributed by atoms with E-state index >= 15 is 0 Å². The summed E-state index contributed by atoms with van der Waals surface area (Å²) in [5, 5.41) is 8.93. The Kier molecular flexibility index (Phi) is 14.0. The Morgan fingerprint density at radius 2 is 1.21 bits per heavy atom. The number of carbonyl (C=O) groups is 2. The summed E-state index contributed by atoms with van der Waals surface area (Å²) in [7, 11) is 0. The second-order valence-electron chi connectivity index (χ2n) is 7.75. The van der Waals surface area contributed by atoms with Crippen LogP contribution in [0.15, 0.2) is 24.3 Å². The molecule has 0 bridgehead atoms.